The van der Waals surface area contributed by atoms with E-state index in [-0.39, 0.29) is 12.0 Å². The summed E-state index contributed by atoms with van der Waals surface area (Å²) in [6.07, 6.45) is 1.51. The molecule has 2 unspecified atom stereocenters. The lowest BCUT2D eigenvalue weighted by Crippen LogP contribution is -2.15. The Bertz CT molecular complexity index is 321. The third kappa shape index (κ3) is 1.81. The lowest BCUT2D eigenvalue weighted by Gasteiger charge is -2.12. The Morgan fingerprint density at radius 2 is 2.07 bits per heavy atom. The van der Waals surface area contributed by atoms with E-state index in [0.717, 1.165) is 23.3 Å². The average Bonchev–Trinajstić information content (AvgIpc) is 2.67. The molecule has 14 heavy (non-hydrogen) atoms. The van der Waals surface area contributed by atoms with Gasteiger partial charge in [0.15, 0.2) is 0 Å². The fraction of sp³-hybridized carbons (Fsp3) is 0.364. The molecular formula is C11H11ClO2. The predicted molar refractivity (Wildman–Crippen MR) is 54.6 cm³/mol. The number of benzene rings is 1. The molecule has 1 aromatic carbocycles. The van der Waals surface area contributed by atoms with Crippen LogP contribution in [0, 0.1) is 0 Å². The van der Waals surface area contributed by atoms with Crippen molar-refractivity contribution in [2.75, 3.05) is 6.61 Å². The van der Waals surface area contributed by atoms with Crippen LogP contribution in [0.5, 0.6) is 0 Å². The van der Waals surface area contributed by atoms with Gasteiger partial charge in [-0.2, -0.15) is 0 Å². The Kier molecular flexibility index (Phi) is 2.85. The van der Waals surface area contributed by atoms with Crippen molar-refractivity contribution in [2.45, 2.75) is 18.4 Å². The van der Waals surface area contributed by atoms with Crippen molar-refractivity contribution in [3.05, 3.63) is 34.9 Å². The number of hydrogen-bond donors (Lipinski definition) is 0. The Morgan fingerprint density at radius 1 is 1.36 bits per heavy atom. The van der Waals surface area contributed by atoms with Crippen LogP contribution in [-0.4, -0.2) is 19.0 Å². The minimum absolute atomic E-state index is 0.199. The zero-order valence-electron chi connectivity index (χ0n) is 7.65. The summed E-state index contributed by atoms with van der Waals surface area (Å²) < 4.78 is 5.30. The number of aldehydes is 1. The van der Waals surface area contributed by atoms with Gasteiger partial charge < -0.3 is 9.53 Å². The highest BCUT2D eigenvalue weighted by Gasteiger charge is 2.28. The van der Waals surface area contributed by atoms with Crippen LogP contribution in [0.15, 0.2) is 24.3 Å². The Morgan fingerprint density at radius 3 is 2.71 bits per heavy atom. The Labute approximate surface area is 87.8 Å². The molecule has 3 heteroatoms. The molecule has 1 fully saturated rings. The van der Waals surface area contributed by atoms with Gasteiger partial charge in [0, 0.05) is 17.5 Å². The van der Waals surface area contributed by atoms with Crippen molar-refractivity contribution < 1.29 is 9.53 Å². The van der Waals surface area contributed by atoms with Crippen molar-refractivity contribution in [3.8, 4) is 0 Å². The van der Waals surface area contributed by atoms with Crippen molar-refractivity contribution in [1.82, 2.24) is 0 Å². The fourth-order valence-corrected chi connectivity index (χ4v) is 1.94. The first-order valence-corrected chi connectivity index (χ1v) is 5.01. The molecule has 2 atom stereocenters. The normalized spacial score (nSPS) is 26.4. The largest absolute Gasteiger partial charge is 0.370 e. The van der Waals surface area contributed by atoms with Crippen molar-refractivity contribution >= 4 is 17.9 Å². The smallest absolute Gasteiger partial charge is 0.149 e. The van der Waals surface area contributed by atoms with Gasteiger partial charge in [0.25, 0.3) is 0 Å². The number of ether oxygens (including phenoxy) is 1. The van der Waals surface area contributed by atoms with Crippen molar-refractivity contribution in [2.24, 2.45) is 0 Å². The summed E-state index contributed by atoms with van der Waals surface area (Å²) in [5.41, 5.74) is 1.13. The van der Waals surface area contributed by atoms with Gasteiger partial charge in [-0.3, -0.25) is 0 Å². The molecule has 1 heterocycles. The minimum Gasteiger partial charge on any atom is -0.370 e. The minimum atomic E-state index is -0.281. The van der Waals surface area contributed by atoms with Gasteiger partial charge in [0.2, 0.25) is 0 Å². The molecule has 0 saturated carbocycles. The summed E-state index contributed by atoms with van der Waals surface area (Å²) in [5.74, 6) is 0.199. The maximum absolute atomic E-state index is 10.7. The molecule has 2 rings (SSSR count). The van der Waals surface area contributed by atoms with Crippen LogP contribution >= 0.6 is 11.6 Å². The van der Waals surface area contributed by atoms with Gasteiger partial charge in [-0.15, -0.1) is 0 Å². The van der Waals surface area contributed by atoms with Crippen LogP contribution in [0.25, 0.3) is 0 Å². The Hall–Kier alpha value is -0.860. The van der Waals surface area contributed by atoms with E-state index in [4.69, 9.17) is 16.3 Å². The van der Waals surface area contributed by atoms with E-state index in [9.17, 15) is 4.79 Å². The van der Waals surface area contributed by atoms with Crippen molar-refractivity contribution in [1.29, 1.82) is 0 Å². The lowest BCUT2D eigenvalue weighted by molar-refractivity contribution is -0.116. The molecule has 2 nitrogen and oxygen atoms in total. The van der Waals surface area contributed by atoms with E-state index in [1.807, 2.05) is 24.3 Å². The monoisotopic (exact) mass is 210 g/mol. The summed E-state index contributed by atoms with van der Waals surface area (Å²) in [4.78, 5) is 10.7. The number of carbonyl (C=O) groups is 1. The highest BCUT2D eigenvalue weighted by atomic mass is 35.5. The molecule has 0 radical (unpaired) electrons. The molecule has 1 aromatic rings. The summed E-state index contributed by atoms with van der Waals surface area (Å²) in [6, 6.07) is 7.60. The van der Waals surface area contributed by atoms with E-state index in [1.165, 1.54) is 0 Å². The molecule has 0 aliphatic carbocycles. The Balaban J connectivity index is 2.21. The summed E-state index contributed by atoms with van der Waals surface area (Å²) in [5, 5.41) is 0.718. The number of halogens is 1. The summed E-state index contributed by atoms with van der Waals surface area (Å²) in [7, 11) is 0. The predicted octanol–water partition coefficient (Wildman–Crippen LogP) is 2.41. The molecule has 0 aromatic heterocycles. The van der Waals surface area contributed by atoms with E-state index < -0.39 is 0 Å². The molecule has 1 saturated heterocycles. The fourth-order valence-electron chi connectivity index (χ4n) is 1.81. The van der Waals surface area contributed by atoms with Crippen LogP contribution in [0.1, 0.15) is 17.9 Å². The molecule has 1 aliphatic rings. The first-order chi connectivity index (χ1) is 6.81. The van der Waals surface area contributed by atoms with Gasteiger partial charge >= 0.3 is 0 Å². The summed E-state index contributed by atoms with van der Waals surface area (Å²) >= 11 is 5.79. The molecule has 0 N–H and O–H groups in total. The average molecular weight is 211 g/mol. The maximum Gasteiger partial charge on any atom is 0.149 e. The third-order valence-electron chi connectivity index (χ3n) is 2.57. The molecule has 1 aliphatic heterocycles. The molecular weight excluding hydrogens is 200 g/mol. The van der Waals surface area contributed by atoms with Gasteiger partial charge in [0.05, 0.1) is 0 Å². The molecule has 0 amide bonds. The second-order valence-corrected chi connectivity index (χ2v) is 3.85. The zero-order valence-corrected chi connectivity index (χ0v) is 8.41. The number of rotatable bonds is 2. The van der Waals surface area contributed by atoms with E-state index >= 15 is 0 Å². The summed E-state index contributed by atoms with van der Waals surface area (Å²) in [6.45, 7) is 0.663. The first-order valence-electron chi connectivity index (χ1n) is 4.63. The number of hydrogen-bond acceptors (Lipinski definition) is 2. The van der Waals surface area contributed by atoms with E-state index in [2.05, 4.69) is 0 Å². The third-order valence-corrected chi connectivity index (χ3v) is 2.82. The second kappa shape index (κ2) is 4.11. The maximum atomic E-state index is 10.7. The number of carbonyl (C=O) groups excluding carboxylic acids is 1. The van der Waals surface area contributed by atoms with Crippen molar-refractivity contribution in [3.63, 3.8) is 0 Å². The van der Waals surface area contributed by atoms with Crippen LogP contribution in [0.2, 0.25) is 5.02 Å². The second-order valence-electron chi connectivity index (χ2n) is 3.42. The molecule has 0 bridgehead atoms. The standard InChI is InChI=1S/C11H11ClO2/c12-9-3-1-8(2-4-9)10-5-6-14-11(10)7-13/h1-4,7,10-11H,5-6H2. The van der Waals surface area contributed by atoms with Gasteiger partial charge in [0.1, 0.15) is 12.4 Å². The quantitative estimate of drug-likeness (QED) is 0.701. The van der Waals surface area contributed by atoms with Crippen LogP contribution in [-0.2, 0) is 9.53 Å². The zero-order chi connectivity index (χ0) is 9.97. The highest BCUT2D eigenvalue weighted by molar-refractivity contribution is 6.30. The topological polar surface area (TPSA) is 26.3 Å². The molecule has 0 spiro atoms. The van der Waals surface area contributed by atoms with Crippen LogP contribution in [0.4, 0.5) is 0 Å². The van der Waals surface area contributed by atoms with Crippen LogP contribution < -0.4 is 0 Å². The van der Waals surface area contributed by atoms with E-state index in [0.29, 0.717) is 6.61 Å². The van der Waals surface area contributed by atoms with Gasteiger partial charge in [-0.25, -0.2) is 0 Å². The van der Waals surface area contributed by atoms with E-state index in [1.54, 1.807) is 0 Å². The SMILES string of the molecule is O=CC1OCCC1c1ccc(Cl)cc1. The highest BCUT2D eigenvalue weighted by Crippen LogP contribution is 2.30. The first kappa shape index (κ1) is 9.69. The molecule has 74 valence electrons. The van der Waals surface area contributed by atoms with Crippen LogP contribution in [0.3, 0.4) is 0 Å². The lowest BCUT2D eigenvalue weighted by atomic mass is 9.93. The van der Waals surface area contributed by atoms with Gasteiger partial charge in [-0.1, -0.05) is 23.7 Å². The van der Waals surface area contributed by atoms with Gasteiger partial charge in [-0.05, 0) is 24.1 Å².